The molecule has 3 atom stereocenters. The van der Waals surface area contributed by atoms with Gasteiger partial charge in [-0.2, -0.15) is 0 Å². The second-order valence-corrected chi connectivity index (χ2v) is 9.94. The van der Waals surface area contributed by atoms with E-state index in [1.54, 1.807) is 42.5 Å². The smallest absolute Gasteiger partial charge is 0.180 e. The largest absolute Gasteiger partial charge is 0.352 e. The molecule has 1 aliphatic carbocycles. The van der Waals surface area contributed by atoms with Crippen LogP contribution in [0.15, 0.2) is 72.8 Å². The summed E-state index contributed by atoms with van der Waals surface area (Å²) in [4.78, 5) is 43.7. The first-order valence-corrected chi connectivity index (χ1v) is 11.8. The van der Waals surface area contributed by atoms with Gasteiger partial charge in [0.05, 0.1) is 12.1 Å². The van der Waals surface area contributed by atoms with Crippen LogP contribution in [-0.4, -0.2) is 29.4 Å². The first-order valence-electron chi connectivity index (χ1n) is 11.1. The first kappa shape index (κ1) is 21.3. The van der Waals surface area contributed by atoms with Gasteiger partial charge in [-0.25, -0.2) is 0 Å². The number of benzene rings is 3. The number of rotatable bonds is 2. The van der Waals surface area contributed by atoms with Gasteiger partial charge in [-0.15, -0.1) is 0 Å². The summed E-state index contributed by atoms with van der Waals surface area (Å²) in [5.41, 5.74) is 1.71. The normalized spacial score (nSPS) is 23.7. The van der Waals surface area contributed by atoms with E-state index in [0.29, 0.717) is 21.2 Å². The van der Waals surface area contributed by atoms with E-state index < -0.39 is 23.4 Å². The molecule has 1 fully saturated rings. The summed E-state index contributed by atoms with van der Waals surface area (Å²) in [6.45, 7) is 1.52. The third kappa shape index (κ3) is 2.64. The third-order valence-corrected chi connectivity index (χ3v) is 7.90. The van der Waals surface area contributed by atoms with Gasteiger partial charge in [0.25, 0.3) is 0 Å². The minimum atomic E-state index is -1.47. The fourth-order valence-corrected chi connectivity index (χ4v) is 6.45. The van der Waals surface area contributed by atoms with E-state index >= 15 is 0 Å². The molecule has 0 bridgehead atoms. The van der Waals surface area contributed by atoms with Crippen molar-refractivity contribution < 1.29 is 14.4 Å². The summed E-state index contributed by atoms with van der Waals surface area (Å²) >= 11 is 12.4. The summed E-state index contributed by atoms with van der Waals surface area (Å²) in [5.74, 6) is -1.29. The van der Waals surface area contributed by atoms with Crippen molar-refractivity contribution in [3.8, 4) is 0 Å². The molecule has 1 saturated heterocycles. The van der Waals surface area contributed by atoms with Crippen molar-refractivity contribution in [3.63, 3.8) is 0 Å². The summed E-state index contributed by atoms with van der Waals surface area (Å²) in [7, 11) is 0. The van der Waals surface area contributed by atoms with Crippen LogP contribution in [0.5, 0.6) is 0 Å². The lowest BCUT2D eigenvalue weighted by Crippen LogP contribution is -2.48. The van der Waals surface area contributed by atoms with Crippen LogP contribution >= 0.6 is 23.2 Å². The van der Waals surface area contributed by atoms with Gasteiger partial charge in [0, 0.05) is 32.8 Å². The topological polar surface area (TPSA) is 54.5 Å². The van der Waals surface area contributed by atoms with Crippen LogP contribution in [0.4, 0.5) is 5.69 Å². The van der Waals surface area contributed by atoms with Gasteiger partial charge in [0.1, 0.15) is 5.41 Å². The first-order chi connectivity index (χ1) is 16.4. The number of halogens is 2. The SMILES string of the molecule is CC(=O)[C@@H]1[C@H](c2ccc(Cl)cc2)C2(C(=O)c3ccccc3C2=O)[C@H]2C=Cc3cc(Cl)ccc3N12. The van der Waals surface area contributed by atoms with Crippen molar-refractivity contribution in [2.24, 2.45) is 5.41 Å². The van der Waals surface area contributed by atoms with E-state index in [2.05, 4.69) is 0 Å². The maximum atomic E-state index is 14.2. The van der Waals surface area contributed by atoms with Gasteiger partial charge in [-0.1, -0.05) is 71.8 Å². The fraction of sp³-hybridized carbons (Fsp3) is 0.179. The lowest BCUT2D eigenvalue weighted by atomic mass is 9.64. The Morgan fingerprint density at radius 1 is 0.882 bits per heavy atom. The number of hydrogen-bond donors (Lipinski definition) is 0. The maximum absolute atomic E-state index is 14.2. The highest BCUT2D eigenvalue weighted by molar-refractivity contribution is 6.33. The predicted octanol–water partition coefficient (Wildman–Crippen LogP) is 6.02. The minimum absolute atomic E-state index is 0.116. The highest BCUT2D eigenvalue weighted by atomic mass is 35.5. The lowest BCUT2D eigenvalue weighted by Gasteiger charge is -2.37. The summed E-state index contributed by atoms with van der Waals surface area (Å²) in [5, 5.41) is 1.12. The van der Waals surface area contributed by atoms with Gasteiger partial charge in [-0.3, -0.25) is 14.4 Å². The highest BCUT2D eigenvalue weighted by Crippen LogP contribution is 2.60. The molecule has 6 rings (SSSR count). The molecule has 4 nitrogen and oxygen atoms in total. The summed E-state index contributed by atoms with van der Waals surface area (Å²) in [6.07, 6.45) is 3.78. The van der Waals surface area contributed by atoms with Crippen LogP contribution in [0.2, 0.25) is 10.0 Å². The minimum Gasteiger partial charge on any atom is -0.352 e. The summed E-state index contributed by atoms with van der Waals surface area (Å²) in [6, 6.07) is 18.2. The van der Waals surface area contributed by atoms with Gasteiger partial charge >= 0.3 is 0 Å². The van der Waals surface area contributed by atoms with Crippen LogP contribution in [0.3, 0.4) is 0 Å². The van der Waals surface area contributed by atoms with Crippen LogP contribution in [-0.2, 0) is 4.79 Å². The zero-order chi connectivity index (χ0) is 23.8. The molecule has 2 heterocycles. The van der Waals surface area contributed by atoms with Crippen molar-refractivity contribution in [3.05, 3.63) is 105 Å². The Morgan fingerprint density at radius 3 is 2.12 bits per heavy atom. The van der Waals surface area contributed by atoms with Crippen molar-refractivity contribution in [2.45, 2.75) is 24.9 Å². The molecule has 0 unspecified atom stereocenters. The number of anilines is 1. The zero-order valence-electron chi connectivity index (χ0n) is 18.2. The average molecular weight is 488 g/mol. The molecular weight excluding hydrogens is 469 g/mol. The van der Waals surface area contributed by atoms with E-state index in [1.165, 1.54) is 6.92 Å². The number of ketones is 3. The highest BCUT2D eigenvalue weighted by Gasteiger charge is 2.71. The molecular formula is C28H19Cl2NO3. The lowest BCUT2D eigenvalue weighted by molar-refractivity contribution is -0.118. The van der Waals surface area contributed by atoms with Crippen molar-refractivity contribution in [1.29, 1.82) is 0 Å². The van der Waals surface area contributed by atoms with Gasteiger partial charge in [0.15, 0.2) is 17.3 Å². The Hall–Kier alpha value is -3.21. The fourth-order valence-electron chi connectivity index (χ4n) is 6.14. The van der Waals surface area contributed by atoms with Gasteiger partial charge in [0.2, 0.25) is 0 Å². The third-order valence-electron chi connectivity index (χ3n) is 7.41. The molecule has 1 spiro atoms. The number of carbonyl (C=O) groups excluding carboxylic acids is 3. The Balaban J connectivity index is 1.68. The second kappa shape index (κ2) is 7.39. The van der Waals surface area contributed by atoms with Crippen LogP contribution in [0.1, 0.15) is 44.7 Å². The van der Waals surface area contributed by atoms with Crippen molar-refractivity contribution in [1.82, 2.24) is 0 Å². The number of hydrogen-bond acceptors (Lipinski definition) is 4. The van der Waals surface area contributed by atoms with Crippen LogP contribution < -0.4 is 4.90 Å². The van der Waals surface area contributed by atoms with Gasteiger partial charge < -0.3 is 4.90 Å². The quantitative estimate of drug-likeness (QED) is 0.415. The molecule has 0 saturated carbocycles. The van der Waals surface area contributed by atoms with Crippen LogP contribution in [0, 0.1) is 5.41 Å². The number of Topliss-reactive ketones (excluding diaryl/α,β-unsaturated/α-hetero) is 3. The molecule has 3 aromatic rings. The summed E-state index contributed by atoms with van der Waals surface area (Å²) < 4.78 is 0. The number of nitrogens with zero attached hydrogens (tertiary/aromatic N) is 1. The molecule has 0 radical (unpaired) electrons. The van der Waals surface area contributed by atoms with Crippen molar-refractivity contribution in [2.75, 3.05) is 4.90 Å². The molecule has 2 aliphatic heterocycles. The Labute approximate surface area is 206 Å². The van der Waals surface area contributed by atoms with E-state index in [9.17, 15) is 14.4 Å². The predicted molar refractivity (Wildman–Crippen MR) is 133 cm³/mol. The Morgan fingerprint density at radius 2 is 1.50 bits per heavy atom. The number of fused-ring (bicyclic) bond motifs is 5. The molecule has 3 aromatic carbocycles. The molecule has 6 heteroatoms. The molecule has 3 aliphatic rings. The van der Waals surface area contributed by atoms with Crippen LogP contribution in [0.25, 0.3) is 6.08 Å². The molecule has 34 heavy (non-hydrogen) atoms. The van der Waals surface area contributed by atoms with Crippen molar-refractivity contribution >= 4 is 52.3 Å². The standard InChI is InChI=1S/C28H19Cl2NO3/c1-15(32)25-24(16-6-9-18(29)10-7-16)28(26(33)20-4-2-3-5-21(20)27(28)34)23-13-8-17-14-19(30)11-12-22(17)31(23)25/h2-14,23-25H,1H3/t23-,24+,25-/m1/s1. The van der Waals surface area contributed by atoms with E-state index in [4.69, 9.17) is 23.2 Å². The van der Waals surface area contributed by atoms with E-state index in [1.807, 2.05) is 41.3 Å². The van der Waals surface area contributed by atoms with Gasteiger partial charge in [-0.05, 0) is 48.4 Å². The molecule has 0 amide bonds. The second-order valence-electron chi connectivity index (χ2n) is 9.07. The molecule has 0 N–H and O–H groups in total. The van der Waals surface area contributed by atoms with E-state index in [-0.39, 0.29) is 17.3 Å². The Bertz CT molecular complexity index is 1390. The monoisotopic (exact) mass is 487 g/mol. The molecule has 168 valence electrons. The average Bonchev–Trinajstić information content (AvgIpc) is 3.26. The Kier molecular flexibility index (Phi) is 4.64. The zero-order valence-corrected chi connectivity index (χ0v) is 19.7. The molecule has 0 aromatic heterocycles. The maximum Gasteiger partial charge on any atom is 0.180 e. The number of carbonyl (C=O) groups is 3. The van der Waals surface area contributed by atoms with E-state index in [0.717, 1.165) is 16.8 Å².